The summed E-state index contributed by atoms with van der Waals surface area (Å²) in [5, 5.41) is 0. The molecular formula is C66H130F12. The van der Waals surface area contributed by atoms with Gasteiger partial charge >= 0.3 is 24.7 Å². The van der Waals surface area contributed by atoms with Gasteiger partial charge in [0.15, 0.2) is 0 Å². The van der Waals surface area contributed by atoms with Crippen LogP contribution in [-0.4, -0.2) is 24.7 Å². The fraction of sp³-hybridized carbons (Fsp3) is 1.00. The van der Waals surface area contributed by atoms with Crippen LogP contribution in [-0.2, 0) is 0 Å². The van der Waals surface area contributed by atoms with Crippen molar-refractivity contribution in [2.45, 2.75) is 327 Å². The highest BCUT2D eigenvalue weighted by molar-refractivity contribution is 4.84. The van der Waals surface area contributed by atoms with Crippen molar-refractivity contribution in [3.8, 4) is 0 Å². The van der Waals surface area contributed by atoms with E-state index in [-0.39, 0.29) is 47.3 Å². The molecular weight excluding hydrogens is 1020 g/mol. The van der Waals surface area contributed by atoms with Gasteiger partial charge in [-0.1, -0.05) is 244 Å². The standard InChI is InChI=1S/2C9H15F3.C8H13F3.C8H16.2C7H16.C6H11F3.2C6H14/c1-6-3-7(2)5-8(4-6)9(10,11)12;1-6-4-3-5-8(7(6)2)9(10,11)12;1-5-3-6(2)7(4-5)8(9,10)11;1-6-4-5-7(2)8(6)3;2*1-5-6-7(2,3)4;1-3-4-5(2)6(7,8)9;1-5-6(2,3)4;1-4-5-6(2)3/h2*6-8H,3-5H2,1-2H3;5-7H,3-4H2,1-2H3;6-8H,4-5H2,1-3H3;2*5-6H2,1-4H3;5H,3-4H2,1-2H3;5H2,1-4H3;6H,4-5H2,1-3H3/i;;;;;;;5D2;. The largest absolute Gasteiger partial charge is 0.392 e. The maximum atomic E-state index is 12.4. The van der Waals surface area contributed by atoms with Crippen LogP contribution in [0.5, 0.6) is 0 Å². The average molecular weight is 1150 g/mol. The van der Waals surface area contributed by atoms with Crippen LogP contribution in [0.15, 0.2) is 0 Å². The predicted octanol–water partition coefficient (Wildman–Crippen LogP) is 26.7. The highest BCUT2D eigenvalue weighted by Crippen LogP contribution is 2.46. The molecule has 0 heterocycles. The Kier molecular flexibility index (Phi) is 43.0. The molecule has 11 atom stereocenters. The molecule has 0 amide bonds. The second-order valence-electron chi connectivity index (χ2n) is 28.7. The second kappa shape index (κ2) is 41.2. The molecule has 4 rings (SSSR count). The second-order valence-corrected chi connectivity index (χ2v) is 28.7. The quantitative estimate of drug-likeness (QED) is 0.233. The zero-order valence-electron chi connectivity index (χ0n) is 57.3. The molecule has 4 aliphatic rings. The Morgan fingerprint density at radius 1 is 0.397 bits per heavy atom. The molecule has 0 aromatic carbocycles. The highest BCUT2D eigenvalue weighted by atomic mass is 19.4. The van der Waals surface area contributed by atoms with Gasteiger partial charge in [-0.25, -0.2) is 0 Å². The Bertz CT molecular complexity index is 1390. The van der Waals surface area contributed by atoms with Crippen molar-refractivity contribution in [1.29, 1.82) is 0 Å². The molecule has 11 unspecified atom stereocenters. The van der Waals surface area contributed by atoms with Gasteiger partial charge in [0.1, 0.15) is 0 Å². The predicted molar refractivity (Wildman–Crippen MR) is 316 cm³/mol. The number of alkyl halides is 12. The van der Waals surface area contributed by atoms with Crippen LogP contribution in [0.3, 0.4) is 0 Å². The molecule has 4 aliphatic carbocycles. The molecule has 0 bridgehead atoms. The maximum Gasteiger partial charge on any atom is 0.392 e. The van der Waals surface area contributed by atoms with Crippen LogP contribution in [0, 0.1) is 99.1 Å². The molecule has 478 valence electrons. The molecule has 0 nitrogen and oxygen atoms in total. The smallest absolute Gasteiger partial charge is 0.171 e. The van der Waals surface area contributed by atoms with Crippen molar-refractivity contribution in [1.82, 2.24) is 0 Å². The monoisotopic (exact) mass is 1150 g/mol. The summed E-state index contributed by atoms with van der Waals surface area (Å²) in [6, 6.07) is 0. The zero-order chi connectivity index (χ0) is 64.8. The van der Waals surface area contributed by atoms with Crippen molar-refractivity contribution >= 4 is 0 Å². The van der Waals surface area contributed by atoms with E-state index in [0.717, 1.165) is 49.4 Å². The lowest BCUT2D eigenvalue weighted by atomic mass is 9.73. The lowest BCUT2D eigenvalue weighted by molar-refractivity contribution is -0.199. The SMILES string of the molecule is CC1CC(C)C(C(F)(F)F)C1.CC1CC(C)CC(C(F)(F)F)C1.CC1CCC(C)C1C.CC1CCCC(C(F)(F)F)C1C.CCCC(C)(C)C.CCCC(C)(C)C.CCCC(C)C.CCCC(C)C(F)(F)F.[2H]C([2H])(C)C(C)(C)C. The van der Waals surface area contributed by atoms with Gasteiger partial charge in [-0.2, -0.15) is 52.7 Å². The van der Waals surface area contributed by atoms with E-state index >= 15 is 0 Å². The third-order valence-corrected chi connectivity index (χ3v) is 16.1. The fourth-order valence-electron chi connectivity index (χ4n) is 10.6. The Morgan fingerprint density at radius 2 is 0.756 bits per heavy atom. The van der Waals surface area contributed by atoms with Gasteiger partial charge in [-0.3, -0.25) is 0 Å². The molecule has 0 saturated heterocycles. The molecule has 4 fully saturated rings. The summed E-state index contributed by atoms with van der Waals surface area (Å²) < 4.78 is 160. The fourth-order valence-corrected chi connectivity index (χ4v) is 10.6. The summed E-state index contributed by atoms with van der Waals surface area (Å²) in [6.07, 6.45) is -0.536. The van der Waals surface area contributed by atoms with Crippen LogP contribution < -0.4 is 0 Å². The van der Waals surface area contributed by atoms with Crippen LogP contribution >= 0.6 is 0 Å². The third-order valence-electron chi connectivity index (χ3n) is 16.1. The zero-order valence-corrected chi connectivity index (χ0v) is 55.3. The van der Waals surface area contributed by atoms with E-state index in [9.17, 15) is 52.7 Å². The first-order valence-corrected chi connectivity index (χ1v) is 30.8. The first-order chi connectivity index (χ1) is 35.6. The third kappa shape index (κ3) is 49.7. The van der Waals surface area contributed by atoms with Gasteiger partial charge in [0.25, 0.3) is 0 Å². The van der Waals surface area contributed by atoms with Crippen molar-refractivity contribution in [3.63, 3.8) is 0 Å². The molecule has 78 heavy (non-hydrogen) atoms. The Balaban J connectivity index is -0.000000266. The maximum absolute atomic E-state index is 12.4. The molecule has 0 spiro atoms. The minimum Gasteiger partial charge on any atom is -0.171 e. The molecule has 0 aromatic rings. The van der Waals surface area contributed by atoms with Gasteiger partial charge in [0.05, 0.1) is 23.7 Å². The van der Waals surface area contributed by atoms with E-state index < -0.39 is 54.7 Å². The van der Waals surface area contributed by atoms with Gasteiger partial charge < -0.3 is 0 Å². The van der Waals surface area contributed by atoms with Crippen molar-refractivity contribution in [3.05, 3.63) is 0 Å². The molecule has 0 aromatic heterocycles. The van der Waals surface area contributed by atoms with E-state index in [2.05, 4.69) is 96.9 Å². The lowest BCUT2D eigenvalue weighted by Gasteiger charge is -2.35. The Hall–Kier alpha value is -0.840. The van der Waals surface area contributed by atoms with E-state index in [1.165, 1.54) is 58.3 Å². The first-order valence-electron chi connectivity index (χ1n) is 31.8. The van der Waals surface area contributed by atoms with E-state index in [0.29, 0.717) is 42.9 Å². The molecule has 12 heteroatoms. The summed E-state index contributed by atoms with van der Waals surface area (Å²) in [5.41, 5.74) is 0.872. The highest BCUT2D eigenvalue weighted by Gasteiger charge is 2.48. The summed E-state index contributed by atoms with van der Waals surface area (Å²) in [4.78, 5) is 0. The normalized spacial score (nSPS) is 28.4. The summed E-state index contributed by atoms with van der Waals surface area (Å²) >= 11 is 0. The Labute approximate surface area is 479 Å². The van der Waals surface area contributed by atoms with Gasteiger partial charge in [-0.15, -0.1) is 0 Å². The summed E-state index contributed by atoms with van der Waals surface area (Å²) in [7, 11) is 0. The molecule has 4 saturated carbocycles. The molecule has 0 N–H and O–H groups in total. The van der Waals surface area contributed by atoms with Crippen LogP contribution in [0.2, 0.25) is 0 Å². The number of halogens is 12. The minimum atomic E-state index is -3.99. The van der Waals surface area contributed by atoms with E-state index in [1.54, 1.807) is 27.7 Å². The topological polar surface area (TPSA) is 0 Å². The van der Waals surface area contributed by atoms with E-state index in [4.69, 9.17) is 2.74 Å². The average Bonchev–Trinajstić information content (AvgIpc) is 3.74. The van der Waals surface area contributed by atoms with Crippen molar-refractivity contribution in [2.75, 3.05) is 0 Å². The summed E-state index contributed by atoms with van der Waals surface area (Å²) in [5.74, 6) is 0.156. The van der Waals surface area contributed by atoms with E-state index in [1.807, 2.05) is 48.5 Å². The minimum absolute atomic E-state index is 0.176. The Morgan fingerprint density at radius 3 is 0.923 bits per heavy atom. The van der Waals surface area contributed by atoms with Crippen LogP contribution in [0.1, 0.15) is 305 Å². The number of hydrogen-bond acceptors (Lipinski definition) is 0. The van der Waals surface area contributed by atoms with Gasteiger partial charge in [-0.05, 0) is 133 Å². The molecule has 0 radical (unpaired) electrons. The van der Waals surface area contributed by atoms with Crippen molar-refractivity contribution in [2.24, 2.45) is 99.1 Å². The summed E-state index contributed by atoms with van der Waals surface area (Å²) in [6.45, 7) is 53.3. The van der Waals surface area contributed by atoms with Gasteiger partial charge in [0, 0.05) is 2.74 Å². The van der Waals surface area contributed by atoms with Crippen LogP contribution in [0.4, 0.5) is 52.7 Å². The number of rotatable bonds is 6. The van der Waals surface area contributed by atoms with Crippen molar-refractivity contribution < 1.29 is 55.4 Å². The van der Waals surface area contributed by atoms with Gasteiger partial charge in [0.2, 0.25) is 0 Å². The van der Waals surface area contributed by atoms with Crippen LogP contribution in [0.25, 0.3) is 0 Å². The lowest BCUT2D eigenvalue weighted by Crippen LogP contribution is -2.35. The molecule has 0 aliphatic heterocycles. The first kappa shape index (κ1) is 81.4. The number of hydrogen-bond donors (Lipinski definition) is 0.